The lowest BCUT2D eigenvalue weighted by molar-refractivity contribution is 0.153. The molecule has 2 heterocycles. The minimum Gasteiger partial charge on any atom is -0.304 e. The van der Waals surface area contributed by atoms with Gasteiger partial charge in [0.1, 0.15) is 0 Å². The Morgan fingerprint density at radius 1 is 1.37 bits per heavy atom. The van der Waals surface area contributed by atoms with Crippen molar-refractivity contribution in [1.82, 2.24) is 24.7 Å². The van der Waals surface area contributed by atoms with Gasteiger partial charge in [-0.05, 0) is 26.1 Å². The maximum atomic E-state index is 11.8. The molecule has 8 heteroatoms. The van der Waals surface area contributed by atoms with Gasteiger partial charge in [0.15, 0.2) is 5.03 Å². The molecule has 0 aromatic carbocycles. The van der Waals surface area contributed by atoms with Crippen molar-refractivity contribution in [2.45, 2.75) is 11.4 Å². The lowest BCUT2D eigenvalue weighted by Crippen LogP contribution is -2.45. The minimum atomic E-state index is -3.42. The van der Waals surface area contributed by atoms with E-state index >= 15 is 0 Å². The molecule has 1 saturated heterocycles. The van der Waals surface area contributed by atoms with E-state index in [0.29, 0.717) is 6.54 Å². The molecular weight excluding hydrogens is 266 g/mol. The molecule has 0 spiro atoms. The van der Waals surface area contributed by atoms with Gasteiger partial charge in [-0.25, -0.2) is 13.1 Å². The molecule has 19 heavy (non-hydrogen) atoms. The topological polar surface area (TPSA) is 81.3 Å². The molecule has 0 saturated carbocycles. The number of sulfonamides is 1. The summed E-state index contributed by atoms with van der Waals surface area (Å²) in [5.74, 6) is 0. The van der Waals surface area contributed by atoms with Gasteiger partial charge in [0.05, 0.1) is 6.20 Å². The predicted octanol–water partition coefficient (Wildman–Crippen LogP) is -0.674. The molecule has 0 bridgehead atoms. The average molecular weight is 287 g/mol. The molecule has 0 unspecified atom stereocenters. The number of hydrogen-bond acceptors (Lipinski definition) is 5. The Kier molecular flexibility index (Phi) is 4.92. The Bertz CT molecular complexity index is 465. The quantitative estimate of drug-likeness (QED) is 0.678. The van der Waals surface area contributed by atoms with Gasteiger partial charge in [-0.15, -0.1) is 0 Å². The van der Waals surface area contributed by atoms with E-state index < -0.39 is 10.0 Å². The lowest BCUT2D eigenvalue weighted by atomic mass is 10.3. The Morgan fingerprint density at radius 2 is 2.11 bits per heavy atom. The normalized spacial score (nSPS) is 18.8. The van der Waals surface area contributed by atoms with Crippen molar-refractivity contribution in [3.05, 3.63) is 12.3 Å². The largest absolute Gasteiger partial charge is 0.304 e. The first-order valence-electron chi connectivity index (χ1n) is 6.48. The van der Waals surface area contributed by atoms with Crippen LogP contribution in [0.5, 0.6) is 0 Å². The summed E-state index contributed by atoms with van der Waals surface area (Å²) in [6, 6.07) is 1.45. The number of aromatic nitrogens is 2. The third-order valence-corrected chi connectivity index (χ3v) is 4.69. The first-order valence-corrected chi connectivity index (χ1v) is 7.96. The van der Waals surface area contributed by atoms with Crippen LogP contribution in [0.2, 0.25) is 0 Å². The fourth-order valence-corrected chi connectivity index (χ4v) is 3.03. The van der Waals surface area contributed by atoms with Gasteiger partial charge in [-0.1, -0.05) is 0 Å². The third kappa shape index (κ3) is 4.27. The molecule has 2 rings (SSSR count). The molecule has 0 aliphatic carbocycles. The molecule has 1 aliphatic heterocycles. The van der Waals surface area contributed by atoms with Gasteiger partial charge in [0, 0.05) is 32.7 Å². The first kappa shape index (κ1) is 14.4. The van der Waals surface area contributed by atoms with Gasteiger partial charge < -0.3 is 9.80 Å². The van der Waals surface area contributed by atoms with Crippen LogP contribution in [-0.2, 0) is 10.0 Å². The van der Waals surface area contributed by atoms with E-state index in [1.165, 1.54) is 12.3 Å². The zero-order chi connectivity index (χ0) is 13.7. The second-order valence-electron chi connectivity index (χ2n) is 4.82. The summed E-state index contributed by atoms with van der Waals surface area (Å²) in [5, 5.41) is 6.21. The number of aromatic amines is 1. The number of likely N-dealkylation sites (N-methyl/N-ethyl adjacent to an activating group) is 1. The Balaban J connectivity index is 1.67. The molecule has 1 aliphatic rings. The SMILES string of the molecule is CN1CCN(CCCNS(=O)(=O)c2ccn[nH]2)CC1. The van der Waals surface area contributed by atoms with Gasteiger partial charge in [0.25, 0.3) is 10.0 Å². The number of nitrogens with one attached hydrogen (secondary N) is 2. The molecule has 0 radical (unpaired) electrons. The van der Waals surface area contributed by atoms with Crippen molar-refractivity contribution in [1.29, 1.82) is 0 Å². The van der Waals surface area contributed by atoms with E-state index in [4.69, 9.17) is 0 Å². The monoisotopic (exact) mass is 287 g/mol. The van der Waals surface area contributed by atoms with Gasteiger partial charge in [-0.2, -0.15) is 5.10 Å². The number of H-pyrrole nitrogens is 1. The molecule has 2 N–H and O–H groups in total. The zero-order valence-corrected chi connectivity index (χ0v) is 12.0. The van der Waals surface area contributed by atoms with Crippen LogP contribution >= 0.6 is 0 Å². The van der Waals surface area contributed by atoms with Crippen LogP contribution in [0.15, 0.2) is 17.3 Å². The smallest absolute Gasteiger partial charge is 0.257 e. The van der Waals surface area contributed by atoms with E-state index in [0.717, 1.165) is 39.1 Å². The highest BCUT2D eigenvalue weighted by molar-refractivity contribution is 7.89. The first-order chi connectivity index (χ1) is 9.08. The fraction of sp³-hybridized carbons (Fsp3) is 0.727. The van der Waals surface area contributed by atoms with E-state index in [1.807, 2.05) is 0 Å². The molecule has 0 atom stereocenters. The molecule has 1 fully saturated rings. The summed E-state index contributed by atoms with van der Waals surface area (Å²) in [4.78, 5) is 4.67. The third-order valence-electron chi connectivity index (χ3n) is 3.30. The highest BCUT2D eigenvalue weighted by atomic mass is 32.2. The summed E-state index contributed by atoms with van der Waals surface area (Å²) in [6.45, 7) is 5.67. The molecule has 0 amide bonds. The van der Waals surface area contributed by atoms with Gasteiger partial charge in [-0.3, -0.25) is 5.10 Å². The van der Waals surface area contributed by atoms with Crippen molar-refractivity contribution in [3.8, 4) is 0 Å². The minimum absolute atomic E-state index is 0.118. The van der Waals surface area contributed by atoms with Crippen molar-refractivity contribution in [2.24, 2.45) is 0 Å². The number of hydrogen-bond donors (Lipinski definition) is 2. The summed E-state index contributed by atoms with van der Waals surface area (Å²) < 4.78 is 26.1. The standard InChI is InChI=1S/C11H21N5O2S/c1-15-7-9-16(10-8-15)6-2-4-13-19(17,18)11-3-5-12-14-11/h3,5,13H,2,4,6-10H2,1H3,(H,12,14). The highest BCUT2D eigenvalue weighted by Gasteiger charge is 2.16. The lowest BCUT2D eigenvalue weighted by Gasteiger charge is -2.32. The second-order valence-corrected chi connectivity index (χ2v) is 6.55. The summed E-state index contributed by atoms with van der Waals surface area (Å²) in [7, 11) is -1.30. The van der Waals surface area contributed by atoms with Crippen LogP contribution in [-0.4, -0.2) is 74.7 Å². The van der Waals surface area contributed by atoms with Crippen LogP contribution in [0.25, 0.3) is 0 Å². The highest BCUT2D eigenvalue weighted by Crippen LogP contribution is 2.03. The maximum Gasteiger partial charge on any atom is 0.257 e. The summed E-state index contributed by atoms with van der Waals surface area (Å²) in [6.07, 6.45) is 2.25. The molecular formula is C11H21N5O2S. The average Bonchev–Trinajstić information content (AvgIpc) is 2.91. The number of nitrogens with zero attached hydrogens (tertiary/aromatic N) is 3. The van der Waals surface area contributed by atoms with Crippen molar-refractivity contribution < 1.29 is 8.42 Å². The van der Waals surface area contributed by atoms with E-state index in [1.54, 1.807) is 0 Å². The van der Waals surface area contributed by atoms with Crippen LogP contribution in [0, 0.1) is 0 Å². The zero-order valence-electron chi connectivity index (χ0n) is 11.2. The van der Waals surface area contributed by atoms with Gasteiger partial charge in [0.2, 0.25) is 0 Å². The van der Waals surface area contributed by atoms with E-state index in [2.05, 4.69) is 31.8 Å². The van der Waals surface area contributed by atoms with Crippen molar-refractivity contribution in [3.63, 3.8) is 0 Å². The van der Waals surface area contributed by atoms with E-state index in [-0.39, 0.29) is 5.03 Å². The molecule has 108 valence electrons. The molecule has 7 nitrogen and oxygen atoms in total. The number of rotatable bonds is 6. The number of piperazine rings is 1. The second kappa shape index (κ2) is 6.47. The Morgan fingerprint density at radius 3 is 2.74 bits per heavy atom. The van der Waals surface area contributed by atoms with Crippen molar-refractivity contribution in [2.75, 3.05) is 46.3 Å². The van der Waals surface area contributed by atoms with Gasteiger partial charge >= 0.3 is 0 Å². The summed E-state index contributed by atoms with van der Waals surface area (Å²) in [5.41, 5.74) is 0. The fourth-order valence-electron chi connectivity index (χ4n) is 2.05. The maximum absolute atomic E-state index is 11.8. The van der Waals surface area contributed by atoms with E-state index in [9.17, 15) is 8.42 Å². The van der Waals surface area contributed by atoms with Crippen LogP contribution in [0.1, 0.15) is 6.42 Å². The Hall–Kier alpha value is -0.960. The van der Waals surface area contributed by atoms with Crippen LogP contribution in [0.3, 0.4) is 0 Å². The van der Waals surface area contributed by atoms with Crippen LogP contribution in [0.4, 0.5) is 0 Å². The summed E-state index contributed by atoms with van der Waals surface area (Å²) >= 11 is 0. The van der Waals surface area contributed by atoms with Crippen molar-refractivity contribution >= 4 is 10.0 Å². The predicted molar refractivity (Wildman–Crippen MR) is 72.3 cm³/mol. The Labute approximate surface area is 114 Å². The molecule has 1 aromatic rings. The molecule has 1 aromatic heterocycles. The van der Waals surface area contributed by atoms with Crippen LogP contribution < -0.4 is 4.72 Å².